The molecule has 2 aromatic carbocycles. The molecule has 0 radical (unpaired) electrons. The van der Waals surface area contributed by atoms with Crippen LogP contribution in [0.2, 0.25) is 0 Å². The van der Waals surface area contributed by atoms with Crippen LogP contribution < -0.4 is 10.2 Å². The molecule has 2 heterocycles. The van der Waals surface area contributed by atoms with Crippen molar-refractivity contribution in [3.63, 3.8) is 0 Å². The summed E-state index contributed by atoms with van der Waals surface area (Å²) in [6.07, 6.45) is 1.69. The number of morpholine rings is 1. The minimum atomic E-state index is -0.126. The third-order valence-corrected chi connectivity index (χ3v) is 4.35. The van der Waals surface area contributed by atoms with Crippen LogP contribution in [0.3, 0.4) is 0 Å². The molecule has 0 atom stereocenters. The number of nitrogens with zero attached hydrogens (tertiary/aromatic N) is 2. The molecule has 1 saturated heterocycles. The van der Waals surface area contributed by atoms with Gasteiger partial charge in [0, 0.05) is 24.2 Å². The first-order valence-corrected chi connectivity index (χ1v) is 8.39. The molecule has 1 fully saturated rings. The third kappa shape index (κ3) is 3.32. The topological polar surface area (TPSA) is 54.5 Å². The number of aromatic nitrogens is 1. The summed E-state index contributed by atoms with van der Waals surface area (Å²) in [5.74, 6) is -0.126. The summed E-state index contributed by atoms with van der Waals surface area (Å²) >= 11 is 0. The number of anilines is 2. The lowest BCUT2D eigenvalue weighted by atomic mass is 10.1. The van der Waals surface area contributed by atoms with Crippen LogP contribution in [0.1, 0.15) is 10.4 Å². The summed E-state index contributed by atoms with van der Waals surface area (Å²) in [7, 11) is 0. The quantitative estimate of drug-likeness (QED) is 0.799. The highest BCUT2D eigenvalue weighted by atomic mass is 16.5. The Morgan fingerprint density at radius 1 is 1.04 bits per heavy atom. The average molecular weight is 333 g/mol. The van der Waals surface area contributed by atoms with Crippen LogP contribution in [0.5, 0.6) is 0 Å². The van der Waals surface area contributed by atoms with Crippen molar-refractivity contribution in [2.45, 2.75) is 0 Å². The van der Waals surface area contributed by atoms with Gasteiger partial charge >= 0.3 is 0 Å². The number of para-hydroxylation sites is 2. The van der Waals surface area contributed by atoms with Crippen molar-refractivity contribution < 1.29 is 9.53 Å². The Labute approximate surface area is 146 Å². The molecule has 126 valence electrons. The molecule has 0 saturated carbocycles. The molecule has 0 aliphatic carbocycles. The van der Waals surface area contributed by atoms with E-state index < -0.39 is 0 Å². The molecule has 1 amide bonds. The van der Waals surface area contributed by atoms with Crippen molar-refractivity contribution in [3.8, 4) is 0 Å². The van der Waals surface area contributed by atoms with Crippen LogP contribution in [-0.4, -0.2) is 37.2 Å². The van der Waals surface area contributed by atoms with Gasteiger partial charge in [-0.25, -0.2) is 0 Å². The number of hydrogen-bond acceptors (Lipinski definition) is 4. The summed E-state index contributed by atoms with van der Waals surface area (Å²) in [4.78, 5) is 19.4. The number of rotatable bonds is 3. The fourth-order valence-electron chi connectivity index (χ4n) is 3.08. The summed E-state index contributed by atoms with van der Waals surface area (Å²) < 4.78 is 5.41. The molecule has 0 spiro atoms. The van der Waals surface area contributed by atoms with Gasteiger partial charge in [0.15, 0.2) is 0 Å². The number of benzene rings is 2. The van der Waals surface area contributed by atoms with E-state index in [9.17, 15) is 4.79 Å². The van der Waals surface area contributed by atoms with E-state index in [1.54, 1.807) is 6.20 Å². The minimum Gasteiger partial charge on any atom is -0.378 e. The maximum absolute atomic E-state index is 12.8. The zero-order chi connectivity index (χ0) is 17.1. The molecule has 0 bridgehead atoms. The maximum atomic E-state index is 12.8. The minimum absolute atomic E-state index is 0.126. The molecule has 5 heteroatoms. The van der Waals surface area contributed by atoms with E-state index in [0.717, 1.165) is 29.7 Å². The number of carbonyl (C=O) groups excluding carboxylic acids is 1. The predicted molar refractivity (Wildman–Crippen MR) is 99.2 cm³/mol. The Balaban J connectivity index is 1.60. The van der Waals surface area contributed by atoms with Crippen LogP contribution in [0.25, 0.3) is 10.9 Å². The van der Waals surface area contributed by atoms with Gasteiger partial charge in [-0.05, 0) is 24.3 Å². The Morgan fingerprint density at radius 2 is 1.80 bits per heavy atom. The molecule has 4 rings (SSSR count). The van der Waals surface area contributed by atoms with Crippen LogP contribution in [0.15, 0.2) is 60.8 Å². The van der Waals surface area contributed by atoms with Gasteiger partial charge in [0.2, 0.25) is 0 Å². The molecule has 25 heavy (non-hydrogen) atoms. The highest BCUT2D eigenvalue weighted by Gasteiger charge is 2.18. The fraction of sp³-hybridized carbons (Fsp3) is 0.200. The lowest BCUT2D eigenvalue weighted by molar-refractivity contribution is 0.102. The molecular formula is C20H19N3O2. The summed E-state index contributed by atoms with van der Waals surface area (Å²) in [5.41, 5.74) is 3.21. The Kier molecular flexibility index (Phi) is 4.31. The van der Waals surface area contributed by atoms with Gasteiger partial charge in [-0.3, -0.25) is 9.78 Å². The first kappa shape index (κ1) is 15.6. The molecule has 5 nitrogen and oxygen atoms in total. The van der Waals surface area contributed by atoms with E-state index in [1.807, 2.05) is 54.6 Å². The van der Waals surface area contributed by atoms with Gasteiger partial charge in [-0.2, -0.15) is 0 Å². The second-order valence-corrected chi connectivity index (χ2v) is 5.99. The van der Waals surface area contributed by atoms with E-state index in [1.165, 1.54) is 0 Å². The Morgan fingerprint density at radius 3 is 2.68 bits per heavy atom. The summed E-state index contributed by atoms with van der Waals surface area (Å²) in [6, 6.07) is 17.5. The van der Waals surface area contributed by atoms with Gasteiger partial charge in [0.1, 0.15) is 0 Å². The number of fused-ring (bicyclic) bond motifs is 1. The number of amides is 1. The number of carbonyl (C=O) groups is 1. The van der Waals surface area contributed by atoms with Gasteiger partial charge in [0.05, 0.1) is 36.2 Å². The number of ether oxygens (including phenoxy) is 1. The van der Waals surface area contributed by atoms with Crippen molar-refractivity contribution in [3.05, 3.63) is 66.4 Å². The SMILES string of the molecule is O=C(Nc1cnc2ccccc2c1)c1ccccc1N1CCOCC1. The molecule has 1 aromatic heterocycles. The van der Waals surface area contributed by atoms with E-state index in [0.29, 0.717) is 24.5 Å². The molecule has 1 aliphatic heterocycles. The number of hydrogen-bond donors (Lipinski definition) is 1. The maximum Gasteiger partial charge on any atom is 0.257 e. The standard InChI is InChI=1S/C20H19N3O2/c24-20(22-16-13-15-5-1-3-7-18(15)21-14-16)17-6-2-4-8-19(17)23-9-11-25-12-10-23/h1-8,13-14H,9-12H2,(H,22,24). The monoisotopic (exact) mass is 333 g/mol. The molecule has 3 aromatic rings. The highest BCUT2D eigenvalue weighted by molar-refractivity contribution is 6.08. The van der Waals surface area contributed by atoms with Gasteiger partial charge in [-0.15, -0.1) is 0 Å². The van der Waals surface area contributed by atoms with Crippen molar-refractivity contribution >= 4 is 28.2 Å². The molecule has 1 aliphatic rings. The van der Waals surface area contributed by atoms with Crippen molar-refractivity contribution in [2.24, 2.45) is 0 Å². The second-order valence-electron chi connectivity index (χ2n) is 5.99. The Bertz CT molecular complexity index is 904. The largest absolute Gasteiger partial charge is 0.378 e. The zero-order valence-corrected chi connectivity index (χ0v) is 13.8. The van der Waals surface area contributed by atoms with Crippen molar-refractivity contribution in [1.82, 2.24) is 4.98 Å². The van der Waals surface area contributed by atoms with E-state index in [2.05, 4.69) is 15.2 Å². The normalized spacial score (nSPS) is 14.5. The van der Waals surface area contributed by atoms with Gasteiger partial charge < -0.3 is 15.0 Å². The number of nitrogens with one attached hydrogen (secondary N) is 1. The Hall–Kier alpha value is -2.92. The van der Waals surface area contributed by atoms with Crippen LogP contribution in [-0.2, 0) is 4.74 Å². The van der Waals surface area contributed by atoms with Crippen LogP contribution in [0, 0.1) is 0 Å². The molecule has 1 N–H and O–H groups in total. The second kappa shape index (κ2) is 6.91. The predicted octanol–water partition coefficient (Wildman–Crippen LogP) is 3.32. The highest BCUT2D eigenvalue weighted by Crippen LogP contribution is 2.23. The third-order valence-electron chi connectivity index (χ3n) is 4.35. The smallest absolute Gasteiger partial charge is 0.257 e. The van der Waals surface area contributed by atoms with Crippen LogP contribution >= 0.6 is 0 Å². The number of pyridine rings is 1. The first-order valence-electron chi connectivity index (χ1n) is 8.39. The fourth-order valence-corrected chi connectivity index (χ4v) is 3.08. The molecule has 0 unspecified atom stereocenters. The summed E-state index contributed by atoms with van der Waals surface area (Å²) in [5, 5.41) is 3.97. The lowest BCUT2D eigenvalue weighted by Crippen LogP contribution is -2.37. The van der Waals surface area contributed by atoms with Crippen LogP contribution in [0.4, 0.5) is 11.4 Å². The van der Waals surface area contributed by atoms with Gasteiger partial charge in [-0.1, -0.05) is 30.3 Å². The van der Waals surface area contributed by atoms with E-state index in [-0.39, 0.29) is 5.91 Å². The average Bonchev–Trinajstić information content (AvgIpc) is 2.68. The lowest BCUT2D eigenvalue weighted by Gasteiger charge is -2.30. The zero-order valence-electron chi connectivity index (χ0n) is 13.8. The van der Waals surface area contributed by atoms with E-state index in [4.69, 9.17) is 4.74 Å². The van der Waals surface area contributed by atoms with Gasteiger partial charge in [0.25, 0.3) is 5.91 Å². The summed E-state index contributed by atoms with van der Waals surface area (Å²) in [6.45, 7) is 2.96. The van der Waals surface area contributed by atoms with Crippen molar-refractivity contribution in [2.75, 3.05) is 36.5 Å². The molecular weight excluding hydrogens is 314 g/mol. The van der Waals surface area contributed by atoms with E-state index >= 15 is 0 Å². The van der Waals surface area contributed by atoms with Crippen molar-refractivity contribution in [1.29, 1.82) is 0 Å². The first-order chi connectivity index (χ1) is 12.3.